The molecule has 25 heavy (non-hydrogen) atoms. The van der Waals surface area contributed by atoms with E-state index in [0.29, 0.717) is 30.6 Å². The largest absolute Gasteiger partial charge is 0.310 e. The van der Waals surface area contributed by atoms with E-state index in [2.05, 4.69) is 29.2 Å². The van der Waals surface area contributed by atoms with E-state index in [1.54, 1.807) is 4.68 Å². The highest BCUT2D eigenvalue weighted by molar-refractivity contribution is 7.91. The maximum atomic E-state index is 12.5. The van der Waals surface area contributed by atoms with Crippen molar-refractivity contribution in [2.45, 2.75) is 39.7 Å². The lowest BCUT2D eigenvalue weighted by atomic mass is 9.92. The summed E-state index contributed by atoms with van der Waals surface area (Å²) in [6.45, 7) is 8.54. The number of aromatic nitrogens is 2. The minimum atomic E-state index is -3.00. The van der Waals surface area contributed by atoms with Crippen molar-refractivity contribution in [2.75, 3.05) is 36.5 Å². The molecule has 8 heteroatoms. The molecular weight excluding hydrogens is 340 g/mol. The lowest BCUT2D eigenvalue weighted by molar-refractivity contribution is -0.118. The van der Waals surface area contributed by atoms with Crippen molar-refractivity contribution in [3.05, 3.63) is 11.8 Å². The third-order valence-corrected chi connectivity index (χ3v) is 6.74. The highest BCUT2D eigenvalue weighted by Crippen LogP contribution is 2.27. The van der Waals surface area contributed by atoms with Crippen LogP contribution in [0, 0.1) is 18.8 Å². The summed E-state index contributed by atoms with van der Waals surface area (Å²) in [6.07, 6.45) is 1.76. The topological polar surface area (TPSA) is 84.3 Å². The molecule has 3 rings (SSSR count). The Morgan fingerprint density at radius 3 is 2.60 bits per heavy atom. The van der Waals surface area contributed by atoms with Crippen molar-refractivity contribution < 1.29 is 13.2 Å². The van der Waals surface area contributed by atoms with Gasteiger partial charge in [-0.15, -0.1) is 0 Å². The minimum Gasteiger partial charge on any atom is -0.310 e. The number of likely N-dealkylation sites (tertiary alicyclic amines) is 1. The first-order valence-electron chi connectivity index (χ1n) is 9.00. The van der Waals surface area contributed by atoms with Crippen LogP contribution in [0.15, 0.2) is 6.07 Å². The van der Waals surface area contributed by atoms with Gasteiger partial charge < -0.3 is 5.32 Å². The molecule has 3 atom stereocenters. The van der Waals surface area contributed by atoms with Gasteiger partial charge in [-0.3, -0.25) is 9.69 Å². The second-order valence-electron chi connectivity index (χ2n) is 7.86. The summed E-state index contributed by atoms with van der Waals surface area (Å²) in [5, 5.41) is 7.34. The first-order valence-corrected chi connectivity index (χ1v) is 10.8. The second-order valence-corrected chi connectivity index (χ2v) is 10.1. The SMILES string of the molecule is Cc1cc(NC(=O)CN2CC(C)CC(C)C2)n(C2CCS(=O)(=O)C2)n1. The lowest BCUT2D eigenvalue weighted by Crippen LogP contribution is -2.43. The zero-order valence-corrected chi connectivity index (χ0v) is 16.1. The van der Waals surface area contributed by atoms with Gasteiger partial charge in [-0.1, -0.05) is 13.8 Å². The molecule has 2 saturated heterocycles. The Bertz CT molecular complexity index is 733. The Balaban J connectivity index is 1.65. The number of anilines is 1. The van der Waals surface area contributed by atoms with E-state index in [-0.39, 0.29) is 23.5 Å². The molecule has 0 saturated carbocycles. The number of hydrogen-bond donors (Lipinski definition) is 1. The lowest BCUT2D eigenvalue weighted by Gasteiger charge is -2.34. The van der Waals surface area contributed by atoms with Gasteiger partial charge in [0.1, 0.15) is 5.82 Å². The van der Waals surface area contributed by atoms with Crippen molar-refractivity contribution >= 4 is 21.6 Å². The average Bonchev–Trinajstić information content (AvgIpc) is 2.99. The predicted molar refractivity (Wildman–Crippen MR) is 97.3 cm³/mol. The van der Waals surface area contributed by atoms with Crippen molar-refractivity contribution in [3.63, 3.8) is 0 Å². The second kappa shape index (κ2) is 7.07. The molecule has 0 bridgehead atoms. The van der Waals surface area contributed by atoms with Crippen LogP contribution in [0.5, 0.6) is 0 Å². The zero-order chi connectivity index (χ0) is 18.2. The van der Waals surface area contributed by atoms with E-state index < -0.39 is 9.84 Å². The van der Waals surface area contributed by atoms with E-state index in [1.807, 2.05) is 13.0 Å². The predicted octanol–water partition coefficient (Wildman–Crippen LogP) is 1.47. The van der Waals surface area contributed by atoms with Crippen LogP contribution in [-0.4, -0.2) is 60.1 Å². The maximum absolute atomic E-state index is 12.5. The summed E-state index contributed by atoms with van der Waals surface area (Å²) in [6, 6.07) is 1.62. The molecule has 0 aromatic carbocycles. The van der Waals surface area contributed by atoms with E-state index >= 15 is 0 Å². The van der Waals surface area contributed by atoms with E-state index in [1.165, 1.54) is 6.42 Å². The molecule has 1 amide bonds. The highest BCUT2D eigenvalue weighted by atomic mass is 32.2. The van der Waals surface area contributed by atoms with Crippen LogP contribution in [-0.2, 0) is 14.6 Å². The van der Waals surface area contributed by atoms with Crippen LogP contribution in [0.3, 0.4) is 0 Å². The van der Waals surface area contributed by atoms with Gasteiger partial charge in [0.2, 0.25) is 5.91 Å². The van der Waals surface area contributed by atoms with E-state index in [9.17, 15) is 13.2 Å². The van der Waals surface area contributed by atoms with Gasteiger partial charge >= 0.3 is 0 Å². The van der Waals surface area contributed by atoms with Gasteiger partial charge in [0.15, 0.2) is 9.84 Å². The fourth-order valence-electron chi connectivity index (χ4n) is 4.16. The molecule has 0 aliphatic carbocycles. The van der Waals surface area contributed by atoms with Crippen LogP contribution in [0.25, 0.3) is 0 Å². The van der Waals surface area contributed by atoms with Crippen molar-refractivity contribution in [1.29, 1.82) is 0 Å². The van der Waals surface area contributed by atoms with Crippen LogP contribution >= 0.6 is 0 Å². The molecule has 1 aromatic heterocycles. The minimum absolute atomic E-state index is 0.0664. The van der Waals surface area contributed by atoms with Crippen LogP contribution in [0.1, 0.15) is 38.4 Å². The first kappa shape index (κ1) is 18.4. The molecule has 3 heterocycles. The third-order valence-electron chi connectivity index (χ3n) is 4.99. The molecule has 2 aliphatic rings. The van der Waals surface area contributed by atoms with E-state index in [4.69, 9.17) is 0 Å². The van der Waals surface area contributed by atoms with Crippen LogP contribution in [0.4, 0.5) is 5.82 Å². The first-order chi connectivity index (χ1) is 11.7. The zero-order valence-electron chi connectivity index (χ0n) is 15.2. The summed E-state index contributed by atoms with van der Waals surface area (Å²) >= 11 is 0. The van der Waals surface area contributed by atoms with Gasteiger partial charge in [0, 0.05) is 19.2 Å². The van der Waals surface area contributed by atoms with Crippen LogP contribution < -0.4 is 5.32 Å². The molecular formula is C17H28N4O3S. The number of sulfone groups is 1. The standard InChI is InChI=1S/C17H28N4O3S/c1-12-6-13(2)9-20(8-12)10-17(22)18-16-7-14(3)19-21(16)15-4-5-25(23,24)11-15/h7,12-13,15H,4-6,8-11H2,1-3H3,(H,18,22). The Morgan fingerprint density at radius 1 is 1.32 bits per heavy atom. The monoisotopic (exact) mass is 368 g/mol. The summed E-state index contributed by atoms with van der Waals surface area (Å²) in [4.78, 5) is 14.7. The molecule has 140 valence electrons. The van der Waals surface area contributed by atoms with Gasteiger partial charge in [-0.05, 0) is 31.6 Å². The van der Waals surface area contributed by atoms with Gasteiger partial charge in [-0.2, -0.15) is 5.10 Å². The number of piperidine rings is 1. The van der Waals surface area contributed by atoms with Crippen molar-refractivity contribution in [2.24, 2.45) is 11.8 Å². The maximum Gasteiger partial charge on any atom is 0.239 e. The molecule has 0 radical (unpaired) electrons. The molecule has 3 unspecified atom stereocenters. The van der Waals surface area contributed by atoms with E-state index in [0.717, 1.165) is 18.8 Å². The number of hydrogen-bond acceptors (Lipinski definition) is 5. The highest BCUT2D eigenvalue weighted by Gasteiger charge is 2.31. The number of amides is 1. The number of carbonyl (C=O) groups is 1. The quantitative estimate of drug-likeness (QED) is 0.870. The van der Waals surface area contributed by atoms with Gasteiger partial charge in [-0.25, -0.2) is 13.1 Å². The molecule has 1 aromatic rings. The Hall–Kier alpha value is -1.41. The summed E-state index contributed by atoms with van der Waals surface area (Å²) in [5.74, 6) is 2.03. The molecule has 0 spiro atoms. The molecule has 7 nitrogen and oxygen atoms in total. The van der Waals surface area contributed by atoms with Crippen molar-refractivity contribution in [1.82, 2.24) is 14.7 Å². The fourth-order valence-corrected chi connectivity index (χ4v) is 5.86. The summed E-state index contributed by atoms with van der Waals surface area (Å²) < 4.78 is 25.2. The Kier molecular flexibility index (Phi) is 5.20. The third kappa shape index (κ3) is 4.61. The Labute approximate surface area is 149 Å². The number of aryl methyl sites for hydroxylation is 1. The number of rotatable bonds is 4. The van der Waals surface area contributed by atoms with Crippen molar-refractivity contribution in [3.8, 4) is 0 Å². The fraction of sp³-hybridized carbons (Fsp3) is 0.765. The Morgan fingerprint density at radius 2 is 2.00 bits per heavy atom. The summed E-state index contributed by atoms with van der Waals surface area (Å²) in [5.41, 5.74) is 0.778. The van der Waals surface area contributed by atoms with Gasteiger partial charge in [0.25, 0.3) is 0 Å². The number of nitrogens with zero attached hydrogens (tertiary/aromatic N) is 3. The summed E-state index contributed by atoms with van der Waals surface area (Å²) in [7, 11) is -3.00. The number of carbonyl (C=O) groups excluding carboxylic acids is 1. The molecule has 1 N–H and O–H groups in total. The van der Waals surface area contributed by atoms with Gasteiger partial charge in [0.05, 0.1) is 29.8 Å². The molecule has 2 fully saturated rings. The molecule has 2 aliphatic heterocycles. The smallest absolute Gasteiger partial charge is 0.239 e. The normalized spacial score (nSPS) is 29.6. The average molecular weight is 369 g/mol. The van der Waals surface area contributed by atoms with Crippen LogP contribution in [0.2, 0.25) is 0 Å². The number of nitrogens with one attached hydrogen (secondary N) is 1.